The monoisotopic (exact) mass is 290 g/mol. The SMILES string of the molecule is CCOC(=O)C(O)(c1cccs1)[C@@H]1CCC(F)(F)C1. The van der Waals surface area contributed by atoms with E-state index in [-0.39, 0.29) is 19.4 Å². The molecule has 2 atom stereocenters. The van der Waals surface area contributed by atoms with Gasteiger partial charge in [-0.15, -0.1) is 11.3 Å². The van der Waals surface area contributed by atoms with Crippen molar-refractivity contribution in [1.82, 2.24) is 0 Å². The maximum atomic E-state index is 13.4. The number of carbonyl (C=O) groups excluding carboxylic acids is 1. The summed E-state index contributed by atoms with van der Waals surface area (Å²) >= 11 is 1.18. The highest BCUT2D eigenvalue weighted by Crippen LogP contribution is 2.48. The Kier molecular flexibility index (Phi) is 3.92. The smallest absolute Gasteiger partial charge is 0.343 e. The minimum atomic E-state index is -2.82. The third-order valence-corrected chi connectivity index (χ3v) is 4.47. The zero-order chi connectivity index (χ0) is 14.1. The van der Waals surface area contributed by atoms with Crippen molar-refractivity contribution in [2.45, 2.75) is 37.7 Å². The number of hydrogen-bond acceptors (Lipinski definition) is 4. The molecular formula is C13H16F2O3S. The van der Waals surface area contributed by atoms with Crippen molar-refractivity contribution < 1.29 is 23.4 Å². The van der Waals surface area contributed by atoms with Crippen LogP contribution in [0.25, 0.3) is 0 Å². The summed E-state index contributed by atoms with van der Waals surface area (Å²) in [5.74, 6) is -4.46. The van der Waals surface area contributed by atoms with Gasteiger partial charge in [-0.05, 0) is 24.8 Å². The van der Waals surface area contributed by atoms with Gasteiger partial charge in [0.2, 0.25) is 5.92 Å². The first-order valence-electron chi connectivity index (χ1n) is 6.21. The van der Waals surface area contributed by atoms with Gasteiger partial charge in [-0.3, -0.25) is 0 Å². The fourth-order valence-corrected chi connectivity index (χ4v) is 3.40. The summed E-state index contributed by atoms with van der Waals surface area (Å²) in [5.41, 5.74) is -1.95. The lowest BCUT2D eigenvalue weighted by Gasteiger charge is -2.30. The molecule has 106 valence electrons. The fraction of sp³-hybridized carbons (Fsp3) is 0.615. The molecule has 0 amide bonds. The van der Waals surface area contributed by atoms with Gasteiger partial charge in [-0.25, -0.2) is 13.6 Å². The highest BCUT2D eigenvalue weighted by molar-refractivity contribution is 7.10. The minimum Gasteiger partial charge on any atom is -0.464 e. The number of hydrogen-bond donors (Lipinski definition) is 1. The number of aliphatic hydroxyl groups is 1. The molecule has 1 aliphatic carbocycles. The highest BCUT2D eigenvalue weighted by atomic mass is 32.1. The van der Waals surface area contributed by atoms with Crippen molar-refractivity contribution >= 4 is 17.3 Å². The topological polar surface area (TPSA) is 46.5 Å². The first kappa shape index (κ1) is 14.4. The lowest BCUT2D eigenvalue weighted by molar-refractivity contribution is -0.173. The van der Waals surface area contributed by atoms with Crippen molar-refractivity contribution in [3.8, 4) is 0 Å². The molecule has 1 N–H and O–H groups in total. The van der Waals surface area contributed by atoms with Crippen LogP contribution in [0.1, 0.15) is 31.1 Å². The van der Waals surface area contributed by atoms with Gasteiger partial charge in [-0.2, -0.15) is 0 Å². The number of alkyl halides is 2. The maximum Gasteiger partial charge on any atom is 0.343 e. The van der Waals surface area contributed by atoms with Crippen molar-refractivity contribution in [3.05, 3.63) is 22.4 Å². The Morgan fingerprint density at radius 2 is 2.42 bits per heavy atom. The van der Waals surface area contributed by atoms with Crippen LogP contribution >= 0.6 is 11.3 Å². The summed E-state index contributed by atoms with van der Waals surface area (Å²) < 4.78 is 31.6. The van der Waals surface area contributed by atoms with E-state index in [1.54, 1.807) is 24.4 Å². The first-order valence-corrected chi connectivity index (χ1v) is 7.09. The second-order valence-corrected chi connectivity index (χ2v) is 5.71. The number of esters is 1. The van der Waals surface area contributed by atoms with Crippen LogP contribution in [-0.4, -0.2) is 23.6 Å². The van der Waals surface area contributed by atoms with Gasteiger partial charge in [0, 0.05) is 23.6 Å². The van der Waals surface area contributed by atoms with Crippen LogP contribution in [0.4, 0.5) is 8.78 Å². The summed E-state index contributed by atoms with van der Waals surface area (Å²) in [6.45, 7) is 1.73. The fourth-order valence-electron chi connectivity index (χ4n) is 2.51. The zero-order valence-corrected chi connectivity index (χ0v) is 11.4. The van der Waals surface area contributed by atoms with Gasteiger partial charge in [-0.1, -0.05) is 6.07 Å². The summed E-state index contributed by atoms with van der Waals surface area (Å²) in [7, 11) is 0. The maximum absolute atomic E-state index is 13.4. The van der Waals surface area contributed by atoms with Gasteiger partial charge in [0.05, 0.1) is 6.61 Å². The van der Waals surface area contributed by atoms with Crippen LogP contribution in [0.5, 0.6) is 0 Å². The molecule has 3 nitrogen and oxygen atoms in total. The molecule has 2 rings (SSSR count). The Balaban J connectivity index is 2.33. The van der Waals surface area contributed by atoms with Crippen molar-refractivity contribution in [2.24, 2.45) is 5.92 Å². The lowest BCUT2D eigenvalue weighted by Crippen LogP contribution is -2.43. The zero-order valence-electron chi connectivity index (χ0n) is 10.6. The molecule has 1 aromatic heterocycles. The summed E-state index contributed by atoms with van der Waals surface area (Å²) in [6, 6.07) is 3.26. The number of carbonyl (C=O) groups is 1. The van der Waals surface area contributed by atoms with E-state index < -0.39 is 29.8 Å². The first-order chi connectivity index (χ1) is 8.90. The average Bonchev–Trinajstić information content (AvgIpc) is 2.97. The predicted octanol–water partition coefficient (Wildman–Crippen LogP) is 2.93. The second kappa shape index (κ2) is 5.17. The largest absolute Gasteiger partial charge is 0.464 e. The van der Waals surface area contributed by atoms with Crippen LogP contribution in [0.3, 0.4) is 0 Å². The number of halogens is 2. The van der Waals surface area contributed by atoms with Gasteiger partial charge in [0.1, 0.15) is 0 Å². The number of rotatable bonds is 4. The van der Waals surface area contributed by atoms with Crippen molar-refractivity contribution in [1.29, 1.82) is 0 Å². The van der Waals surface area contributed by atoms with Crippen LogP contribution in [0, 0.1) is 5.92 Å². The molecule has 0 bridgehead atoms. The van der Waals surface area contributed by atoms with E-state index >= 15 is 0 Å². The Hall–Kier alpha value is -1.01. The molecular weight excluding hydrogens is 274 g/mol. The Labute approximate surface area is 114 Å². The highest BCUT2D eigenvalue weighted by Gasteiger charge is 2.54. The molecule has 0 spiro atoms. The van der Waals surface area contributed by atoms with Gasteiger partial charge in [0.25, 0.3) is 0 Å². The summed E-state index contributed by atoms with van der Waals surface area (Å²) in [6.07, 6.45) is -0.675. The number of thiophene rings is 1. The molecule has 1 heterocycles. The van der Waals surface area contributed by atoms with E-state index in [0.717, 1.165) is 0 Å². The van der Waals surface area contributed by atoms with E-state index in [4.69, 9.17) is 4.74 Å². The molecule has 1 aromatic rings. The Morgan fingerprint density at radius 3 is 2.89 bits per heavy atom. The standard InChI is InChI=1S/C13H16F2O3S/c1-2-18-11(16)13(17,10-4-3-7-19-10)9-5-6-12(14,15)8-9/h3-4,7,9,17H,2,5-6,8H2,1H3/t9-,13?/m1/s1. The molecule has 1 unspecified atom stereocenters. The molecule has 1 aliphatic rings. The third-order valence-electron chi connectivity index (χ3n) is 3.48. The molecule has 1 fully saturated rings. The predicted molar refractivity (Wildman–Crippen MR) is 67.1 cm³/mol. The van der Waals surface area contributed by atoms with Crippen molar-refractivity contribution in [2.75, 3.05) is 6.61 Å². The Bertz CT molecular complexity index is 447. The van der Waals surface area contributed by atoms with Gasteiger partial charge >= 0.3 is 5.97 Å². The lowest BCUT2D eigenvalue weighted by atomic mass is 9.84. The molecule has 1 saturated carbocycles. The summed E-state index contributed by atoms with van der Waals surface area (Å²) in [4.78, 5) is 12.4. The van der Waals surface area contributed by atoms with Gasteiger partial charge in [0.15, 0.2) is 5.60 Å². The minimum absolute atomic E-state index is 0.107. The van der Waals surface area contributed by atoms with E-state index in [1.807, 2.05) is 0 Å². The van der Waals surface area contributed by atoms with Crippen LogP contribution < -0.4 is 0 Å². The van der Waals surface area contributed by atoms with Crippen LogP contribution in [-0.2, 0) is 15.1 Å². The van der Waals surface area contributed by atoms with Crippen LogP contribution in [0.15, 0.2) is 17.5 Å². The van der Waals surface area contributed by atoms with E-state index in [0.29, 0.717) is 4.88 Å². The average molecular weight is 290 g/mol. The molecule has 0 radical (unpaired) electrons. The molecule has 0 aromatic carbocycles. The molecule has 6 heteroatoms. The quantitative estimate of drug-likeness (QED) is 0.867. The molecule has 0 saturated heterocycles. The van der Waals surface area contributed by atoms with Crippen molar-refractivity contribution in [3.63, 3.8) is 0 Å². The van der Waals surface area contributed by atoms with E-state index in [2.05, 4.69) is 0 Å². The normalized spacial score (nSPS) is 24.9. The van der Waals surface area contributed by atoms with Crippen LogP contribution in [0.2, 0.25) is 0 Å². The van der Waals surface area contributed by atoms with E-state index in [9.17, 15) is 18.7 Å². The number of ether oxygens (including phenoxy) is 1. The van der Waals surface area contributed by atoms with Gasteiger partial charge < -0.3 is 9.84 Å². The summed E-state index contributed by atoms with van der Waals surface area (Å²) in [5, 5.41) is 12.4. The Morgan fingerprint density at radius 1 is 1.68 bits per heavy atom. The molecule has 0 aliphatic heterocycles. The van der Waals surface area contributed by atoms with E-state index in [1.165, 1.54) is 11.3 Å². The second-order valence-electron chi connectivity index (χ2n) is 4.76. The third kappa shape index (κ3) is 2.65. The molecule has 19 heavy (non-hydrogen) atoms.